The van der Waals surface area contributed by atoms with Crippen LogP contribution in [0.1, 0.15) is 6.92 Å². The van der Waals surface area contributed by atoms with Gasteiger partial charge in [0, 0.05) is 31.9 Å². The molecule has 1 amide bonds. The smallest absolute Gasteiger partial charge is 0.241 e. The van der Waals surface area contributed by atoms with Crippen LogP contribution in [0.25, 0.3) is 0 Å². The van der Waals surface area contributed by atoms with Crippen LogP contribution >= 0.6 is 0 Å². The first-order valence-electron chi connectivity index (χ1n) is 6.18. The molecule has 0 aromatic heterocycles. The molecule has 0 saturated carbocycles. The molecule has 2 rings (SSSR count). The van der Waals surface area contributed by atoms with Crippen LogP contribution in [0, 0.1) is 5.82 Å². The van der Waals surface area contributed by atoms with Gasteiger partial charge in [0.15, 0.2) is 0 Å². The Morgan fingerprint density at radius 3 is 2.83 bits per heavy atom. The summed E-state index contributed by atoms with van der Waals surface area (Å²) in [5, 5.41) is 5.98. The number of carbonyl (C=O) groups is 1. The number of piperazine rings is 1. The van der Waals surface area contributed by atoms with E-state index in [9.17, 15) is 9.18 Å². The van der Waals surface area contributed by atoms with Crippen LogP contribution in [-0.4, -0.2) is 43.0 Å². The minimum absolute atomic E-state index is 0.0949. The Labute approximate surface area is 106 Å². The van der Waals surface area contributed by atoms with Gasteiger partial charge in [-0.1, -0.05) is 6.07 Å². The number of anilines is 1. The number of benzene rings is 1. The van der Waals surface area contributed by atoms with Gasteiger partial charge in [-0.25, -0.2) is 4.39 Å². The highest BCUT2D eigenvalue weighted by Crippen LogP contribution is 2.11. The van der Waals surface area contributed by atoms with Crippen molar-refractivity contribution in [3.63, 3.8) is 0 Å². The Balaban J connectivity index is 1.94. The Kier molecular flexibility index (Phi) is 4.28. The molecular weight excluding hydrogens is 233 g/mol. The lowest BCUT2D eigenvalue weighted by molar-refractivity contribution is -0.120. The van der Waals surface area contributed by atoms with Gasteiger partial charge in [0.05, 0.1) is 6.04 Å². The maximum Gasteiger partial charge on any atom is 0.241 e. The summed E-state index contributed by atoms with van der Waals surface area (Å²) in [5.74, 6) is -0.440. The van der Waals surface area contributed by atoms with E-state index in [1.165, 1.54) is 12.1 Å². The van der Waals surface area contributed by atoms with Crippen molar-refractivity contribution in [1.82, 2.24) is 10.2 Å². The zero-order valence-electron chi connectivity index (χ0n) is 10.4. The topological polar surface area (TPSA) is 44.4 Å². The van der Waals surface area contributed by atoms with Crippen molar-refractivity contribution >= 4 is 11.6 Å². The van der Waals surface area contributed by atoms with E-state index in [2.05, 4.69) is 15.5 Å². The summed E-state index contributed by atoms with van der Waals surface area (Å²) >= 11 is 0. The van der Waals surface area contributed by atoms with Crippen molar-refractivity contribution in [2.24, 2.45) is 0 Å². The van der Waals surface area contributed by atoms with E-state index >= 15 is 0 Å². The Bertz CT molecular complexity index is 418. The summed E-state index contributed by atoms with van der Waals surface area (Å²) in [6, 6.07) is 5.75. The van der Waals surface area contributed by atoms with Crippen LogP contribution in [-0.2, 0) is 4.79 Å². The van der Waals surface area contributed by atoms with Gasteiger partial charge >= 0.3 is 0 Å². The Morgan fingerprint density at radius 1 is 1.44 bits per heavy atom. The molecule has 1 aliphatic rings. The van der Waals surface area contributed by atoms with Crippen LogP contribution in [0.5, 0.6) is 0 Å². The molecule has 0 bridgehead atoms. The molecule has 0 radical (unpaired) electrons. The number of hydrogen-bond acceptors (Lipinski definition) is 3. The van der Waals surface area contributed by atoms with Gasteiger partial charge in [-0.2, -0.15) is 0 Å². The van der Waals surface area contributed by atoms with Crippen molar-refractivity contribution in [3.05, 3.63) is 30.1 Å². The summed E-state index contributed by atoms with van der Waals surface area (Å²) in [4.78, 5) is 14.1. The molecule has 18 heavy (non-hydrogen) atoms. The molecular formula is C13H18FN3O. The SMILES string of the molecule is C[C@H](C(=O)Nc1cccc(F)c1)N1CCNCC1. The standard InChI is InChI=1S/C13H18FN3O/c1-10(17-7-5-15-6-8-17)13(18)16-12-4-2-3-11(14)9-12/h2-4,9-10,15H,5-8H2,1H3,(H,16,18)/t10-/m1/s1. The van der Waals surface area contributed by atoms with E-state index in [-0.39, 0.29) is 17.8 Å². The lowest BCUT2D eigenvalue weighted by Gasteiger charge is -2.31. The highest BCUT2D eigenvalue weighted by atomic mass is 19.1. The van der Waals surface area contributed by atoms with Crippen LogP contribution in [0.2, 0.25) is 0 Å². The Hall–Kier alpha value is -1.46. The minimum atomic E-state index is -0.345. The predicted molar refractivity (Wildman–Crippen MR) is 68.9 cm³/mol. The predicted octanol–water partition coefficient (Wildman–Crippen LogP) is 1.06. The summed E-state index contributed by atoms with van der Waals surface area (Å²) < 4.78 is 13.0. The number of hydrogen-bond donors (Lipinski definition) is 2. The molecule has 5 heteroatoms. The zero-order valence-corrected chi connectivity index (χ0v) is 10.4. The van der Waals surface area contributed by atoms with Crippen LogP contribution < -0.4 is 10.6 Å². The van der Waals surface area contributed by atoms with Crippen LogP contribution in [0.3, 0.4) is 0 Å². The van der Waals surface area contributed by atoms with Gasteiger partial charge in [-0.3, -0.25) is 9.69 Å². The number of nitrogens with one attached hydrogen (secondary N) is 2. The molecule has 1 fully saturated rings. The number of carbonyl (C=O) groups excluding carboxylic acids is 1. The highest BCUT2D eigenvalue weighted by molar-refractivity contribution is 5.94. The van der Waals surface area contributed by atoms with Crippen molar-refractivity contribution in [2.75, 3.05) is 31.5 Å². The first-order valence-corrected chi connectivity index (χ1v) is 6.18. The molecule has 0 aliphatic carbocycles. The van der Waals surface area contributed by atoms with Crippen molar-refractivity contribution < 1.29 is 9.18 Å². The van der Waals surface area contributed by atoms with E-state index < -0.39 is 0 Å². The third-order valence-electron chi connectivity index (χ3n) is 3.17. The fraction of sp³-hybridized carbons (Fsp3) is 0.462. The fourth-order valence-electron chi connectivity index (χ4n) is 2.05. The molecule has 1 aliphatic heterocycles. The molecule has 2 N–H and O–H groups in total. The number of nitrogens with zero attached hydrogens (tertiary/aromatic N) is 1. The summed E-state index contributed by atoms with van der Waals surface area (Å²) in [6.45, 7) is 5.39. The molecule has 4 nitrogen and oxygen atoms in total. The van der Waals surface area contributed by atoms with Gasteiger partial charge < -0.3 is 10.6 Å². The second-order valence-electron chi connectivity index (χ2n) is 4.46. The summed E-state index contributed by atoms with van der Waals surface area (Å²) in [6.07, 6.45) is 0. The van der Waals surface area contributed by atoms with Crippen LogP contribution in [0.15, 0.2) is 24.3 Å². The largest absolute Gasteiger partial charge is 0.325 e. The zero-order chi connectivity index (χ0) is 13.0. The van der Waals surface area contributed by atoms with Crippen molar-refractivity contribution in [3.8, 4) is 0 Å². The number of rotatable bonds is 3. The fourth-order valence-corrected chi connectivity index (χ4v) is 2.05. The normalized spacial score (nSPS) is 18.3. The van der Waals surface area contributed by atoms with Crippen molar-refractivity contribution in [2.45, 2.75) is 13.0 Å². The van der Waals surface area contributed by atoms with E-state index in [1.54, 1.807) is 12.1 Å². The first kappa shape index (κ1) is 13.0. The summed E-state index contributed by atoms with van der Waals surface area (Å²) in [7, 11) is 0. The van der Waals surface area contributed by atoms with Crippen molar-refractivity contribution in [1.29, 1.82) is 0 Å². The third kappa shape index (κ3) is 3.27. The number of amides is 1. The van der Waals surface area contributed by atoms with Crippen LogP contribution in [0.4, 0.5) is 10.1 Å². The van der Waals surface area contributed by atoms with Gasteiger partial charge in [0.2, 0.25) is 5.91 Å². The van der Waals surface area contributed by atoms with E-state index in [0.717, 1.165) is 26.2 Å². The minimum Gasteiger partial charge on any atom is -0.325 e. The summed E-state index contributed by atoms with van der Waals surface area (Å²) in [5.41, 5.74) is 0.502. The third-order valence-corrected chi connectivity index (χ3v) is 3.17. The molecule has 1 saturated heterocycles. The lowest BCUT2D eigenvalue weighted by atomic mass is 10.2. The van der Waals surface area contributed by atoms with Gasteiger partial charge in [0.25, 0.3) is 0 Å². The molecule has 0 unspecified atom stereocenters. The van der Waals surface area contributed by atoms with Gasteiger partial charge in [-0.15, -0.1) is 0 Å². The average Bonchev–Trinajstić information content (AvgIpc) is 2.39. The maximum atomic E-state index is 13.0. The van der Waals surface area contributed by atoms with E-state index in [0.29, 0.717) is 5.69 Å². The maximum absolute atomic E-state index is 13.0. The van der Waals surface area contributed by atoms with Gasteiger partial charge in [-0.05, 0) is 25.1 Å². The first-order chi connectivity index (χ1) is 8.66. The molecule has 0 spiro atoms. The quantitative estimate of drug-likeness (QED) is 0.844. The average molecular weight is 251 g/mol. The second-order valence-corrected chi connectivity index (χ2v) is 4.46. The van der Waals surface area contributed by atoms with E-state index in [4.69, 9.17) is 0 Å². The molecule has 1 atom stereocenters. The monoisotopic (exact) mass is 251 g/mol. The Morgan fingerprint density at radius 2 is 2.17 bits per heavy atom. The molecule has 1 heterocycles. The lowest BCUT2D eigenvalue weighted by Crippen LogP contribution is -2.51. The number of halogens is 1. The molecule has 98 valence electrons. The highest BCUT2D eigenvalue weighted by Gasteiger charge is 2.22. The molecule has 1 aromatic rings. The second kappa shape index (κ2) is 5.93. The van der Waals surface area contributed by atoms with E-state index in [1.807, 2.05) is 6.92 Å². The molecule has 1 aromatic carbocycles. The van der Waals surface area contributed by atoms with Gasteiger partial charge in [0.1, 0.15) is 5.82 Å².